The summed E-state index contributed by atoms with van der Waals surface area (Å²) in [5, 5.41) is 10.1. The second kappa shape index (κ2) is 13.9. The third-order valence-corrected chi connectivity index (χ3v) is 9.52. The quantitative estimate of drug-likeness (QED) is 0.234. The molecule has 3 aromatic carbocycles. The molecule has 9 nitrogen and oxygen atoms in total. The van der Waals surface area contributed by atoms with Crippen LogP contribution < -0.4 is 9.64 Å². The molecule has 1 unspecified atom stereocenters. The van der Waals surface area contributed by atoms with Gasteiger partial charge in [0, 0.05) is 51.3 Å². The molecule has 238 valence electrons. The van der Waals surface area contributed by atoms with Crippen molar-refractivity contribution in [1.29, 1.82) is 0 Å². The second-order valence-corrected chi connectivity index (χ2v) is 12.2. The van der Waals surface area contributed by atoms with Crippen LogP contribution in [0.3, 0.4) is 0 Å². The summed E-state index contributed by atoms with van der Waals surface area (Å²) in [5.74, 6) is 1.48. The number of carbonyl (C=O) groups is 1. The Labute approximate surface area is 266 Å². The Hall–Kier alpha value is -4.08. The number of methoxy groups -OCH3 is 1. The number of amides is 1. The zero-order chi connectivity index (χ0) is 31.2. The van der Waals surface area contributed by atoms with E-state index in [-0.39, 0.29) is 17.1 Å². The van der Waals surface area contributed by atoms with Gasteiger partial charge < -0.3 is 33.8 Å². The maximum Gasteiger partial charge on any atom is 0.257 e. The average Bonchev–Trinajstić information content (AvgIpc) is 3.59. The summed E-state index contributed by atoms with van der Waals surface area (Å²) in [5.41, 5.74) is 3.73. The maximum absolute atomic E-state index is 13.7. The van der Waals surface area contributed by atoms with Crippen LogP contribution in [-0.4, -0.2) is 96.5 Å². The first-order chi connectivity index (χ1) is 22.0. The van der Waals surface area contributed by atoms with Gasteiger partial charge in [0.2, 0.25) is 5.95 Å². The summed E-state index contributed by atoms with van der Waals surface area (Å²) in [6, 6.07) is 23.8. The number of para-hydroxylation sites is 2. The Kier molecular flexibility index (Phi) is 9.56. The standard InChI is InChI=1S/C36H45N5O4/c1-3-45-25-24-41-32-13-8-7-12-31(32)37-35(41)39-19-9-18-38(22-23-39)20-16-36(28-10-5-4-6-11-28)17-21-40(27-36)34(43)30-26-29(42)14-15-33(30)44-2/h4-8,10-15,26,42H,3,9,16-25,27H2,1-2H3. The minimum absolute atomic E-state index is 0.0627. The second-order valence-electron chi connectivity index (χ2n) is 12.2. The normalized spacial score (nSPS) is 19.2. The van der Waals surface area contributed by atoms with Gasteiger partial charge in [0.1, 0.15) is 11.5 Å². The summed E-state index contributed by atoms with van der Waals surface area (Å²) in [7, 11) is 1.56. The number of rotatable bonds is 11. The van der Waals surface area contributed by atoms with Gasteiger partial charge >= 0.3 is 0 Å². The molecule has 0 saturated carbocycles. The molecule has 1 N–H and O–H groups in total. The molecular weight excluding hydrogens is 566 g/mol. The Morgan fingerprint density at radius 1 is 0.956 bits per heavy atom. The average molecular weight is 612 g/mol. The number of phenols is 1. The van der Waals surface area contributed by atoms with E-state index in [1.54, 1.807) is 19.2 Å². The number of nitrogens with zero attached hydrogens (tertiary/aromatic N) is 5. The van der Waals surface area contributed by atoms with E-state index in [0.29, 0.717) is 37.6 Å². The number of phenolic OH excluding ortho intramolecular Hbond substituents is 1. The van der Waals surface area contributed by atoms with Crippen molar-refractivity contribution in [3.8, 4) is 11.5 Å². The van der Waals surface area contributed by atoms with Crippen LogP contribution in [0.25, 0.3) is 11.0 Å². The first kappa shape index (κ1) is 30.9. The van der Waals surface area contributed by atoms with E-state index in [1.807, 2.05) is 11.8 Å². The molecule has 45 heavy (non-hydrogen) atoms. The lowest BCUT2D eigenvalue weighted by atomic mass is 9.76. The molecular formula is C36H45N5O4. The van der Waals surface area contributed by atoms with Gasteiger partial charge in [-0.25, -0.2) is 4.98 Å². The minimum Gasteiger partial charge on any atom is -0.508 e. The van der Waals surface area contributed by atoms with Gasteiger partial charge in [0.15, 0.2) is 0 Å². The lowest BCUT2D eigenvalue weighted by molar-refractivity contribution is 0.0777. The van der Waals surface area contributed by atoms with Crippen LogP contribution in [0.15, 0.2) is 72.8 Å². The molecule has 1 amide bonds. The van der Waals surface area contributed by atoms with Crippen LogP contribution in [0.5, 0.6) is 11.5 Å². The van der Waals surface area contributed by atoms with Crippen molar-refractivity contribution in [3.63, 3.8) is 0 Å². The number of likely N-dealkylation sites (tertiary alicyclic amines) is 1. The molecule has 0 aliphatic carbocycles. The molecule has 0 radical (unpaired) electrons. The molecule has 6 rings (SSSR count). The van der Waals surface area contributed by atoms with Crippen molar-refractivity contribution in [2.45, 2.75) is 38.1 Å². The van der Waals surface area contributed by atoms with E-state index in [2.05, 4.69) is 69.0 Å². The van der Waals surface area contributed by atoms with E-state index < -0.39 is 0 Å². The first-order valence-electron chi connectivity index (χ1n) is 16.2. The Balaban J connectivity index is 1.16. The topological polar surface area (TPSA) is 83.3 Å². The SMILES string of the molecule is CCOCCn1c(N2CCCN(CCC3(c4ccccc4)CCN(C(=O)c4cc(O)ccc4OC)C3)CC2)nc2ccccc21. The predicted octanol–water partition coefficient (Wildman–Crippen LogP) is 5.17. The van der Waals surface area contributed by atoms with Crippen LogP contribution in [0.1, 0.15) is 42.1 Å². The molecule has 9 heteroatoms. The number of aromatic hydroxyl groups is 1. The third-order valence-electron chi connectivity index (χ3n) is 9.52. The summed E-state index contributed by atoms with van der Waals surface area (Å²) in [4.78, 5) is 25.7. The van der Waals surface area contributed by atoms with Crippen molar-refractivity contribution >= 4 is 22.9 Å². The first-order valence-corrected chi connectivity index (χ1v) is 16.2. The molecule has 1 atom stereocenters. The van der Waals surface area contributed by atoms with E-state index in [1.165, 1.54) is 11.6 Å². The summed E-state index contributed by atoms with van der Waals surface area (Å²) in [6.45, 7) is 10.3. The van der Waals surface area contributed by atoms with E-state index in [4.69, 9.17) is 14.5 Å². The van der Waals surface area contributed by atoms with Crippen LogP contribution >= 0.6 is 0 Å². The third kappa shape index (κ3) is 6.65. The highest BCUT2D eigenvalue weighted by Gasteiger charge is 2.42. The molecule has 2 saturated heterocycles. The zero-order valence-corrected chi connectivity index (χ0v) is 26.5. The number of carbonyl (C=O) groups excluding carboxylic acids is 1. The number of anilines is 1. The van der Waals surface area contributed by atoms with Crippen molar-refractivity contribution in [3.05, 3.63) is 83.9 Å². The zero-order valence-electron chi connectivity index (χ0n) is 26.5. The molecule has 3 heterocycles. The Bertz CT molecular complexity index is 1590. The lowest BCUT2D eigenvalue weighted by Gasteiger charge is -2.33. The lowest BCUT2D eigenvalue weighted by Crippen LogP contribution is -2.39. The van der Waals surface area contributed by atoms with Crippen LogP contribution in [-0.2, 0) is 16.7 Å². The molecule has 2 aliphatic rings. The minimum atomic E-state index is -0.139. The van der Waals surface area contributed by atoms with Gasteiger partial charge in [-0.05, 0) is 75.2 Å². The summed E-state index contributed by atoms with van der Waals surface area (Å²) < 4.78 is 13.5. The predicted molar refractivity (Wildman–Crippen MR) is 177 cm³/mol. The van der Waals surface area contributed by atoms with E-state index in [9.17, 15) is 9.90 Å². The number of hydrogen-bond acceptors (Lipinski definition) is 7. The largest absolute Gasteiger partial charge is 0.508 e. The molecule has 2 fully saturated rings. The fourth-order valence-corrected chi connectivity index (χ4v) is 7.05. The van der Waals surface area contributed by atoms with Gasteiger partial charge in [-0.3, -0.25) is 4.79 Å². The molecule has 2 aliphatic heterocycles. The number of hydrogen-bond donors (Lipinski definition) is 1. The van der Waals surface area contributed by atoms with E-state index >= 15 is 0 Å². The van der Waals surface area contributed by atoms with Gasteiger partial charge in [0.25, 0.3) is 5.91 Å². The van der Waals surface area contributed by atoms with Crippen LogP contribution in [0.4, 0.5) is 5.95 Å². The van der Waals surface area contributed by atoms with Crippen LogP contribution in [0.2, 0.25) is 0 Å². The van der Waals surface area contributed by atoms with E-state index in [0.717, 1.165) is 75.5 Å². The van der Waals surface area contributed by atoms with Gasteiger partial charge in [0.05, 0.1) is 30.3 Å². The number of aromatic nitrogens is 2. The summed E-state index contributed by atoms with van der Waals surface area (Å²) >= 11 is 0. The molecule has 0 bridgehead atoms. The Morgan fingerprint density at radius 3 is 2.60 bits per heavy atom. The number of ether oxygens (including phenoxy) is 2. The fourth-order valence-electron chi connectivity index (χ4n) is 7.05. The molecule has 1 aromatic heterocycles. The van der Waals surface area contributed by atoms with Crippen molar-refractivity contribution in [2.75, 3.05) is 71.0 Å². The summed E-state index contributed by atoms with van der Waals surface area (Å²) in [6.07, 6.45) is 2.92. The number of fused-ring (bicyclic) bond motifs is 1. The fraction of sp³-hybridized carbons (Fsp3) is 0.444. The number of benzene rings is 3. The van der Waals surface area contributed by atoms with Crippen molar-refractivity contribution < 1.29 is 19.4 Å². The number of imidazole rings is 1. The molecule has 0 spiro atoms. The highest BCUT2D eigenvalue weighted by Crippen LogP contribution is 2.39. The van der Waals surface area contributed by atoms with Gasteiger partial charge in [-0.1, -0.05) is 42.5 Å². The maximum atomic E-state index is 13.7. The molecule has 4 aromatic rings. The highest BCUT2D eigenvalue weighted by molar-refractivity contribution is 5.97. The van der Waals surface area contributed by atoms with Gasteiger partial charge in [-0.15, -0.1) is 0 Å². The smallest absolute Gasteiger partial charge is 0.257 e. The highest BCUT2D eigenvalue weighted by atomic mass is 16.5. The Morgan fingerprint density at radius 2 is 1.78 bits per heavy atom. The van der Waals surface area contributed by atoms with Crippen molar-refractivity contribution in [1.82, 2.24) is 19.4 Å². The monoisotopic (exact) mass is 611 g/mol. The van der Waals surface area contributed by atoms with Crippen molar-refractivity contribution in [2.24, 2.45) is 0 Å². The van der Waals surface area contributed by atoms with Crippen LogP contribution in [0, 0.1) is 0 Å². The van der Waals surface area contributed by atoms with Gasteiger partial charge in [-0.2, -0.15) is 0 Å².